The van der Waals surface area contributed by atoms with Gasteiger partial charge in [0.05, 0.1) is 0 Å². The number of carbonyl (C=O) groups excluding carboxylic acids is 2. The summed E-state index contributed by atoms with van der Waals surface area (Å²) < 4.78 is 3.97. The normalized spacial score (nSPS) is 7.85. The minimum atomic E-state index is -0.562. The van der Waals surface area contributed by atoms with Crippen molar-refractivity contribution in [1.82, 2.24) is 9.97 Å². The maximum atomic E-state index is 9.81. The summed E-state index contributed by atoms with van der Waals surface area (Å²) in [5.41, 5.74) is 0. The molecule has 5 heteroatoms. The average molecular weight is 182 g/mol. The topological polar surface area (TPSA) is 69.2 Å². The smallest absolute Gasteiger partial charge is 0.310 e. The van der Waals surface area contributed by atoms with Crippen molar-refractivity contribution in [3.63, 3.8) is 0 Å². The Kier molecular flexibility index (Phi) is 5.96. The van der Waals surface area contributed by atoms with E-state index < -0.39 is 11.9 Å². The first kappa shape index (κ1) is 11.2. The lowest BCUT2D eigenvalue weighted by molar-refractivity contribution is -0.156. The third kappa shape index (κ3) is 10.2. The Morgan fingerprint density at radius 1 is 1.08 bits per heavy atom. The number of nitrogens with zero attached hydrogens (tertiary/aromatic N) is 2. The van der Waals surface area contributed by atoms with Crippen molar-refractivity contribution in [1.29, 1.82) is 0 Å². The van der Waals surface area contributed by atoms with Gasteiger partial charge < -0.3 is 4.74 Å². The molecule has 0 aliphatic rings. The third-order valence-corrected chi connectivity index (χ3v) is 0.765. The van der Waals surface area contributed by atoms with E-state index in [-0.39, 0.29) is 0 Å². The van der Waals surface area contributed by atoms with Crippen LogP contribution in [0.15, 0.2) is 24.8 Å². The lowest BCUT2D eigenvalue weighted by atomic mass is 10.7. The van der Waals surface area contributed by atoms with Crippen LogP contribution in [0.25, 0.3) is 0 Å². The Morgan fingerprint density at radius 3 is 1.62 bits per heavy atom. The van der Waals surface area contributed by atoms with Gasteiger partial charge in [0, 0.05) is 26.2 Å². The third-order valence-electron chi connectivity index (χ3n) is 0.765. The number of carbonyl (C=O) groups is 2. The molecule has 0 radical (unpaired) electrons. The van der Waals surface area contributed by atoms with Crippen LogP contribution in [0, 0.1) is 0 Å². The molecule has 0 fully saturated rings. The summed E-state index contributed by atoms with van der Waals surface area (Å²) in [7, 11) is 0. The fraction of sp³-hybridized carbons (Fsp3) is 0.250. The molecule has 0 aliphatic carbocycles. The number of hydrogen-bond donors (Lipinski definition) is 0. The highest BCUT2D eigenvalue weighted by Gasteiger charge is 1.93. The van der Waals surface area contributed by atoms with Gasteiger partial charge in [-0.05, 0) is 6.07 Å². The van der Waals surface area contributed by atoms with Gasteiger partial charge >= 0.3 is 11.9 Å². The van der Waals surface area contributed by atoms with Crippen LogP contribution in [0.5, 0.6) is 0 Å². The summed E-state index contributed by atoms with van der Waals surface area (Å²) in [6, 6.07) is 1.78. The highest BCUT2D eigenvalue weighted by atomic mass is 16.6. The number of ether oxygens (including phenoxy) is 1. The molecule has 13 heavy (non-hydrogen) atoms. The van der Waals surface area contributed by atoms with E-state index >= 15 is 0 Å². The fourth-order valence-corrected chi connectivity index (χ4v) is 0.456. The lowest BCUT2D eigenvalue weighted by Crippen LogP contribution is -2.03. The van der Waals surface area contributed by atoms with Gasteiger partial charge in [-0.3, -0.25) is 9.59 Å². The molecular weight excluding hydrogens is 172 g/mol. The predicted molar refractivity (Wildman–Crippen MR) is 44.5 cm³/mol. The van der Waals surface area contributed by atoms with Crippen LogP contribution in [0.3, 0.4) is 0 Å². The molecule has 0 aliphatic heterocycles. The van der Waals surface area contributed by atoms with Crippen LogP contribution in [0.2, 0.25) is 0 Å². The van der Waals surface area contributed by atoms with Crippen molar-refractivity contribution in [2.24, 2.45) is 0 Å². The quantitative estimate of drug-likeness (QED) is 0.433. The van der Waals surface area contributed by atoms with Crippen LogP contribution in [0.4, 0.5) is 0 Å². The van der Waals surface area contributed by atoms with Gasteiger partial charge in [0.15, 0.2) is 0 Å². The van der Waals surface area contributed by atoms with Gasteiger partial charge in [-0.15, -0.1) is 0 Å². The molecule has 1 aromatic rings. The first-order chi connectivity index (χ1) is 6.13. The number of rotatable bonds is 0. The minimum absolute atomic E-state index is 0.562. The van der Waals surface area contributed by atoms with E-state index in [0.29, 0.717) is 0 Å². The van der Waals surface area contributed by atoms with Gasteiger partial charge in [-0.2, -0.15) is 0 Å². The van der Waals surface area contributed by atoms with Crippen LogP contribution >= 0.6 is 0 Å². The Balaban J connectivity index is 0.000000223. The molecule has 1 heterocycles. The maximum Gasteiger partial charge on any atom is 0.310 e. The first-order valence-electron chi connectivity index (χ1n) is 3.52. The lowest BCUT2D eigenvalue weighted by Gasteiger charge is -1.87. The van der Waals surface area contributed by atoms with E-state index in [0.717, 1.165) is 0 Å². The molecule has 0 unspecified atom stereocenters. The zero-order valence-electron chi connectivity index (χ0n) is 7.43. The van der Waals surface area contributed by atoms with Crippen LogP contribution in [-0.2, 0) is 14.3 Å². The summed E-state index contributed by atoms with van der Waals surface area (Å²) in [6.45, 7) is 2.36. The highest BCUT2D eigenvalue weighted by Crippen LogP contribution is 1.73. The Bertz CT molecular complexity index is 223. The monoisotopic (exact) mass is 182 g/mol. The average Bonchev–Trinajstić information content (AvgIpc) is 2.06. The van der Waals surface area contributed by atoms with E-state index in [4.69, 9.17) is 0 Å². The van der Waals surface area contributed by atoms with Crippen molar-refractivity contribution in [3.8, 4) is 0 Å². The summed E-state index contributed by atoms with van der Waals surface area (Å²) in [5.74, 6) is -1.12. The molecular formula is C8H10N2O3. The molecule has 0 amide bonds. The van der Waals surface area contributed by atoms with Gasteiger partial charge in [0.1, 0.15) is 6.33 Å². The highest BCUT2D eigenvalue weighted by molar-refractivity contribution is 5.82. The largest absolute Gasteiger partial charge is 0.394 e. The summed E-state index contributed by atoms with van der Waals surface area (Å²) in [6.07, 6.45) is 4.88. The van der Waals surface area contributed by atoms with Gasteiger partial charge in [0.25, 0.3) is 0 Å². The predicted octanol–water partition coefficient (Wildman–Crippen LogP) is 0.573. The first-order valence-corrected chi connectivity index (χ1v) is 3.52. The molecule has 0 spiro atoms. The van der Waals surface area contributed by atoms with Gasteiger partial charge in [-0.25, -0.2) is 9.97 Å². The van der Waals surface area contributed by atoms with E-state index in [2.05, 4.69) is 14.7 Å². The molecule has 0 atom stereocenters. The van der Waals surface area contributed by atoms with Gasteiger partial charge in [-0.1, -0.05) is 0 Å². The molecule has 1 aromatic heterocycles. The van der Waals surface area contributed by atoms with Crippen molar-refractivity contribution < 1.29 is 14.3 Å². The van der Waals surface area contributed by atoms with Crippen molar-refractivity contribution in [2.45, 2.75) is 13.8 Å². The summed E-state index contributed by atoms with van der Waals surface area (Å²) in [5, 5.41) is 0. The van der Waals surface area contributed by atoms with Crippen molar-refractivity contribution in [2.75, 3.05) is 0 Å². The Labute approximate surface area is 75.8 Å². The molecule has 0 saturated carbocycles. The number of hydrogen-bond acceptors (Lipinski definition) is 5. The molecule has 0 bridgehead atoms. The zero-order chi connectivity index (χ0) is 10.1. The molecule has 0 N–H and O–H groups in total. The van der Waals surface area contributed by atoms with E-state index in [1.165, 1.54) is 20.2 Å². The van der Waals surface area contributed by atoms with Crippen LogP contribution in [-0.4, -0.2) is 21.9 Å². The Hall–Kier alpha value is -1.78. The molecule has 70 valence electrons. The fourth-order valence-electron chi connectivity index (χ4n) is 0.456. The standard InChI is InChI=1S/C4H4N2.C4H6O3/c1-2-5-4-6-3-1;1-3(5)7-4(2)6/h1-4H;1-2H3. The van der Waals surface area contributed by atoms with E-state index in [9.17, 15) is 9.59 Å². The minimum Gasteiger partial charge on any atom is -0.394 e. The summed E-state index contributed by atoms with van der Waals surface area (Å²) >= 11 is 0. The van der Waals surface area contributed by atoms with Gasteiger partial charge in [0.2, 0.25) is 0 Å². The molecule has 1 rings (SSSR count). The Morgan fingerprint density at radius 2 is 1.54 bits per heavy atom. The zero-order valence-corrected chi connectivity index (χ0v) is 7.43. The van der Waals surface area contributed by atoms with Crippen LogP contribution < -0.4 is 0 Å². The molecule has 5 nitrogen and oxygen atoms in total. The second kappa shape index (κ2) is 6.90. The number of aromatic nitrogens is 2. The summed E-state index contributed by atoms with van der Waals surface area (Å²) in [4.78, 5) is 27.0. The van der Waals surface area contributed by atoms with Crippen LogP contribution in [0.1, 0.15) is 13.8 Å². The molecule has 0 saturated heterocycles. The van der Waals surface area contributed by atoms with E-state index in [1.807, 2.05) is 0 Å². The second-order valence-corrected chi connectivity index (χ2v) is 1.99. The SMILES string of the molecule is CC(=O)OC(C)=O.c1cncnc1. The van der Waals surface area contributed by atoms with Crippen molar-refractivity contribution >= 4 is 11.9 Å². The second-order valence-electron chi connectivity index (χ2n) is 1.99. The maximum absolute atomic E-state index is 9.81. The molecule has 0 aromatic carbocycles. The van der Waals surface area contributed by atoms with Crippen molar-refractivity contribution in [3.05, 3.63) is 24.8 Å². The number of esters is 2. The van der Waals surface area contributed by atoms with E-state index in [1.54, 1.807) is 18.5 Å².